The molecule has 2 atom stereocenters. The molecule has 2 amide bonds. The first-order valence-corrected chi connectivity index (χ1v) is 9.27. The summed E-state index contributed by atoms with van der Waals surface area (Å²) in [5.41, 5.74) is 0.746. The molecule has 0 spiro atoms. The van der Waals surface area contributed by atoms with Crippen molar-refractivity contribution in [3.05, 3.63) is 34.9 Å². The number of rotatable bonds is 6. The molecule has 1 saturated heterocycles. The summed E-state index contributed by atoms with van der Waals surface area (Å²) < 4.78 is 9.98. The lowest BCUT2D eigenvalue weighted by Gasteiger charge is -2.29. The summed E-state index contributed by atoms with van der Waals surface area (Å²) in [6, 6.07) is 5.59. The topological polar surface area (TPSA) is 84.9 Å². The highest BCUT2D eigenvalue weighted by Gasteiger charge is 2.39. The van der Waals surface area contributed by atoms with Crippen molar-refractivity contribution in [1.29, 1.82) is 0 Å². The van der Waals surface area contributed by atoms with Crippen LogP contribution in [0.2, 0.25) is 5.02 Å². The van der Waals surface area contributed by atoms with Crippen LogP contribution in [0.15, 0.2) is 24.3 Å². The Balaban J connectivity index is 1.98. The average molecular weight is 397 g/mol. The van der Waals surface area contributed by atoms with Crippen LogP contribution in [0.5, 0.6) is 0 Å². The third-order valence-corrected chi connectivity index (χ3v) is 4.71. The van der Waals surface area contributed by atoms with Gasteiger partial charge in [-0.25, -0.2) is 9.59 Å². The average Bonchev–Trinajstić information content (AvgIpc) is 3.13. The molecule has 1 aliphatic rings. The molecule has 1 aromatic rings. The number of benzene rings is 1. The molecule has 1 fully saturated rings. The number of nitrogens with zero attached hydrogens (tertiary/aromatic N) is 1. The van der Waals surface area contributed by atoms with E-state index in [0.29, 0.717) is 18.0 Å². The molecule has 2 rings (SSSR count). The van der Waals surface area contributed by atoms with Gasteiger partial charge in [-0.1, -0.05) is 37.6 Å². The van der Waals surface area contributed by atoms with E-state index in [1.165, 1.54) is 12.0 Å². The molecule has 0 saturated carbocycles. The van der Waals surface area contributed by atoms with Crippen LogP contribution in [0.4, 0.5) is 4.79 Å². The normalized spacial score (nSPS) is 17.5. The van der Waals surface area contributed by atoms with Crippen LogP contribution in [-0.2, 0) is 25.7 Å². The molecule has 148 valence electrons. The quantitative estimate of drug-likeness (QED) is 0.747. The van der Waals surface area contributed by atoms with Crippen molar-refractivity contribution < 1.29 is 23.9 Å². The highest BCUT2D eigenvalue weighted by atomic mass is 35.5. The van der Waals surface area contributed by atoms with Crippen LogP contribution in [0.25, 0.3) is 0 Å². The Kier molecular flexibility index (Phi) is 7.47. The summed E-state index contributed by atoms with van der Waals surface area (Å²) in [5.74, 6) is -0.917. The van der Waals surface area contributed by atoms with Crippen LogP contribution in [0, 0.1) is 5.92 Å². The number of alkyl carbamates (subject to hydrolysis) is 1. The van der Waals surface area contributed by atoms with Gasteiger partial charge in [0.05, 0.1) is 7.11 Å². The van der Waals surface area contributed by atoms with Gasteiger partial charge in [0.15, 0.2) is 0 Å². The van der Waals surface area contributed by atoms with Crippen molar-refractivity contribution in [2.75, 3.05) is 13.7 Å². The number of hydrogen-bond acceptors (Lipinski definition) is 5. The first kappa shape index (κ1) is 21.0. The molecular formula is C19H25ClN2O5. The van der Waals surface area contributed by atoms with Gasteiger partial charge in [0, 0.05) is 11.6 Å². The minimum atomic E-state index is -0.790. The number of carbonyl (C=O) groups is 3. The first-order valence-electron chi connectivity index (χ1n) is 8.89. The van der Waals surface area contributed by atoms with Gasteiger partial charge in [-0.3, -0.25) is 4.79 Å². The van der Waals surface area contributed by atoms with Crippen LogP contribution in [0.1, 0.15) is 32.3 Å². The van der Waals surface area contributed by atoms with Crippen molar-refractivity contribution in [2.45, 2.75) is 45.4 Å². The summed E-state index contributed by atoms with van der Waals surface area (Å²) in [6.45, 7) is 4.15. The summed E-state index contributed by atoms with van der Waals surface area (Å²) in [7, 11) is 1.30. The number of nitrogens with one attached hydrogen (secondary N) is 1. The Bertz CT molecular complexity index is 694. The summed E-state index contributed by atoms with van der Waals surface area (Å²) >= 11 is 5.91. The lowest BCUT2D eigenvalue weighted by molar-refractivity contribution is -0.151. The van der Waals surface area contributed by atoms with Crippen molar-refractivity contribution in [3.63, 3.8) is 0 Å². The van der Waals surface area contributed by atoms with E-state index in [9.17, 15) is 14.4 Å². The zero-order chi connectivity index (χ0) is 20.0. The van der Waals surface area contributed by atoms with E-state index in [2.05, 4.69) is 5.32 Å². The molecule has 7 nitrogen and oxygen atoms in total. The Hall–Kier alpha value is -2.28. The van der Waals surface area contributed by atoms with Gasteiger partial charge < -0.3 is 19.7 Å². The third kappa shape index (κ3) is 5.60. The molecule has 0 aromatic heterocycles. The van der Waals surface area contributed by atoms with E-state index >= 15 is 0 Å². The van der Waals surface area contributed by atoms with Gasteiger partial charge >= 0.3 is 12.1 Å². The van der Waals surface area contributed by atoms with Crippen molar-refractivity contribution >= 4 is 29.6 Å². The number of carbonyl (C=O) groups excluding carboxylic acids is 3. The summed E-state index contributed by atoms with van der Waals surface area (Å²) in [6.07, 6.45) is 0.577. The van der Waals surface area contributed by atoms with E-state index in [0.717, 1.165) is 12.0 Å². The SMILES string of the molecule is COC(=O)[C@@H]1CCCN1C(=O)[C@@H](NC(=O)OCc1cccc(Cl)c1)C(C)C. The van der Waals surface area contributed by atoms with Gasteiger partial charge in [0.1, 0.15) is 18.7 Å². The predicted octanol–water partition coefficient (Wildman–Crippen LogP) is 2.75. The molecule has 27 heavy (non-hydrogen) atoms. The summed E-state index contributed by atoms with van der Waals surface area (Å²) in [5, 5.41) is 3.17. The lowest BCUT2D eigenvalue weighted by atomic mass is 10.0. The lowest BCUT2D eigenvalue weighted by Crippen LogP contribution is -2.54. The van der Waals surface area contributed by atoms with E-state index in [4.69, 9.17) is 21.1 Å². The zero-order valence-corrected chi connectivity index (χ0v) is 16.5. The molecule has 1 N–H and O–H groups in total. The first-order chi connectivity index (χ1) is 12.8. The van der Waals surface area contributed by atoms with Crippen LogP contribution in [0.3, 0.4) is 0 Å². The molecule has 0 aliphatic carbocycles. The number of hydrogen-bond donors (Lipinski definition) is 1. The van der Waals surface area contributed by atoms with Gasteiger partial charge in [-0.2, -0.15) is 0 Å². The predicted molar refractivity (Wildman–Crippen MR) is 100 cm³/mol. The fourth-order valence-corrected chi connectivity index (χ4v) is 3.26. The number of likely N-dealkylation sites (tertiary alicyclic amines) is 1. The Labute approximate surface area is 163 Å². The van der Waals surface area contributed by atoms with Crippen molar-refractivity contribution in [1.82, 2.24) is 10.2 Å². The van der Waals surface area contributed by atoms with Crippen molar-refractivity contribution in [2.24, 2.45) is 5.92 Å². The molecular weight excluding hydrogens is 372 g/mol. The van der Waals surface area contributed by atoms with Crippen LogP contribution < -0.4 is 5.32 Å². The second-order valence-corrected chi connectivity index (χ2v) is 7.22. The fourth-order valence-electron chi connectivity index (χ4n) is 3.05. The van der Waals surface area contributed by atoms with Gasteiger partial charge in [0.25, 0.3) is 0 Å². The molecule has 8 heteroatoms. The Morgan fingerprint density at radius 1 is 1.33 bits per heavy atom. The number of methoxy groups -OCH3 is 1. The zero-order valence-electron chi connectivity index (χ0n) is 15.7. The minimum absolute atomic E-state index is 0.0416. The van der Waals surface area contributed by atoms with Crippen LogP contribution in [-0.4, -0.2) is 48.6 Å². The van der Waals surface area contributed by atoms with Gasteiger partial charge in [0.2, 0.25) is 5.91 Å². The minimum Gasteiger partial charge on any atom is -0.467 e. The molecule has 1 aliphatic heterocycles. The Morgan fingerprint density at radius 3 is 2.70 bits per heavy atom. The number of amides is 2. The van der Waals surface area contributed by atoms with Crippen LogP contribution >= 0.6 is 11.6 Å². The smallest absolute Gasteiger partial charge is 0.408 e. The monoisotopic (exact) mass is 396 g/mol. The fraction of sp³-hybridized carbons (Fsp3) is 0.526. The van der Waals surface area contributed by atoms with Gasteiger partial charge in [-0.05, 0) is 36.5 Å². The molecule has 0 radical (unpaired) electrons. The molecule has 1 aromatic carbocycles. The van der Waals surface area contributed by atoms with E-state index in [-0.39, 0.29) is 18.4 Å². The number of ether oxygens (including phenoxy) is 2. The highest BCUT2D eigenvalue weighted by Crippen LogP contribution is 2.21. The van der Waals surface area contributed by atoms with E-state index in [1.54, 1.807) is 24.3 Å². The summed E-state index contributed by atoms with van der Waals surface area (Å²) in [4.78, 5) is 38.5. The maximum absolute atomic E-state index is 12.9. The third-order valence-electron chi connectivity index (χ3n) is 4.47. The van der Waals surface area contributed by atoms with E-state index < -0.39 is 24.1 Å². The maximum Gasteiger partial charge on any atom is 0.408 e. The molecule has 0 unspecified atom stereocenters. The second kappa shape index (κ2) is 9.60. The highest BCUT2D eigenvalue weighted by molar-refractivity contribution is 6.30. The maximum atomic E-state index is 12.9. The second-order valence-electron chi connectivity index (χ2n) is 6.78. The number of esters is 1. The standard InChI is InChI=1S/C19H25ClN2O5/c1-12(2)16(17(23)22-9-5-8-15(22)18(24)26-3)21-19(25)27-11-13-6-4-7-14(20)10-13/h4,6-7,10,12,15-16H,5,8-9,11H2,1-3H3,(H,21,25)/t15-,16-/m0/s1. The number of halogens is 1. The van der Waals surface area contributed by atoms with Crippen molar-refractivity contribution in [3.8, 4) is 0 Å². The largest absolute Gasteiger partial charge is 0.467 e. The molecule has 0 bridgehead atoms. The van der Waals surface area contributed by atoms with E-state index in [1.807, 2.05) is 13.8 Å². The molecule has 1 heterocycles. The van der Waals surface area contributed by atoms with Gasteiger partial charge in [-0.15, -0.1) is 0 Å². The Morgan fingerprint density at radius 2 is 2.07 bits per heavy atom.